The van der Waals surface area contributed by atoms with Crippen LogP contribution in [0, 0.1) is 11.3 Å². The second-order valence-electron chi connectivity index (χ2n) is 6.96. The first kappa shape index (κ1) is 15.5. The lowest BCUT2D eigenvalue weighted by Crippen LogP contribution is -2.50. The third-order valence-electron chi connectivity index (χ3n) is 5.38. The third-order valence-corrected chi connectivity index (χ3v) is 5.38. The number of hydrogen-bond acceptors (Lipinski definition) is 3. The smallest absolute Gasteiger partial charge is 0.226 e. The van der Waals surface area contributed by atoms with Crippen LogP contribution in [0.1, 0.15) is 32.6 Å². The van der Waals surface area contributed by atoms with Crippen LogP contribution in [-0.4, -0.2) is 61.0 Å². The molecule has 2 aliphatic heterocycles. The molecule has 2 heterocycles. The molecule has 0 radical (unpaired) electrons. The number of carbonyl (C=O) groups is 2. The van der Waals surface area contributed by atoms with Gasteiger partial charge in [0.2, 0.25) is 11.8 Å². The minimum atomic E-state index is 0.0346. The van der Waals surface area contributed by atoms with Crippen LogP contribution in [0.2, 0.25) is 0 Å². The van der Waals surface area contributed by atoms with Crippen LogP contribution in [-0.2, 0) is 14.3 Å². The Morgan fingerprint density at radius 1 is 1.09 bits per heavy atom. The van der Waals surface area contributed by atoms with Gasteiger partial charge in [-0.1, -0.05) is 12.2 Å². The lowest BCUT2D eigenvalue weighted by atomic mass is 9.78. The summed E-state index contributed by atoms with van der Waals surface area (Å²) in [6.45, 7) is 6.02. The van der Waals surface area contributed by atoms with E-state index in [9.17, 15) is 9.59 Å². The van der Waals surface area contributed by atoms with E-state index in [0.717, 1.165) is 45.3 Å². The Kier molecular flexibility index (Phi) is 4.52. The molecule has 3 aliphatic rings. The van der Waals surface area contributed by atoms with Gasteiger partial charge in [0.05, 0.1) is 13.2 Å². The summed E-state index contributed by atoms with van der Waals surface area (Å²) in [6, 6.07) is 0. The predicted molar refractivity (Wildman–Crippen MR) is 83.2 cm³/mol. The SMILES string of the molecule is CC(=O)N1CCOCC2(CCN(C(=O)C3CC=CC3)CC2)C1. The van der Waals surface area contributed by atoms with Crippen molar-refractivity contribution < 1.29 is 14.3 Å². The summed E-state index contributed by atoms with van der Waals surface area (Å²) in [5.74, 6) is 0.589. The van der Waals surface area contributed by atoms with Crippen LogP contribution < -0.4 is 0 Å². The van der Waals surface area contributed by atoms with Gasteiger partial charge in [-0.15, -0.1) is 0 Å². The monoisotopic (exact) mass is 306 g/mol. The van der Waals surface area contributed by atoms with E-state index in [4.69, 9.17) is 4.74 Å². The number of ether oxygens (including phenoxy) is 1. The number of hydrogen-bond donors (Lipinski definition) is 0. The fourth-order valence-electron chi connectivity index (χ4n) is 3.84. The molecule has 3 rings (SSSR count). The molecule has 1 spiro atoms. The average Bonchev–Trinajstić information content (AvgIpc) is 2.97. The molecule has 0 aromatic rings. The Balaban J connectivity index is 1.59. The summed E-state index contributed by atoms with van der Waals surface area (Å²) in [4.78, 5) is 28.2. The Hall–Kier alpha value is -1.36. The number of rotatable bonds is 1. The van der Waals surface area contributed by atoms with E-state index >= 15 is 0 Å². The molecule has 0 unspecified atom stereocenters. The molecule has 122 valence electrons. The van der Waals surface area contributed by atoms with E-state index < -0.39 is 0 Å². The molecule has 22 heavy (non-hydrogen) atoms. The maximum absolute atomic E-state index is 12.5. The quantitative estimate of drug-likeness (QED) is 0.689. The van der Waals surface area contributed by atoms with Crippen LogP contribution in [0.3, 0.4) is 0 Å². The van der Waals surface area contributed by atoms with Crippen LogP contribution in [0.5, 0.6) is 0 Å². The van der Waals surface area contributed by atoms with Crippen molar-refractivity contribution in [2.24, 2.45) is 11.3 Å². The summed E-state index contributed by atoms with van der Waals surface area (Å²) < 4.78 is 5.76. The van der Waals surface area contributed by atoms with Crippen LogP contribution >= 0.6 is 0 Å². The molecular weight excluding hydrogens is 280 g/mol. The average molecular weight is 306 g/mol. The topological polar surface area (TPSA) is 49.9 Å². The van der Waals surface area contributed by atoms with Gasteiger partial charge in [0, 0.05) is 44.4 Å². The van der Waals surface area contributed by atoms with Gasteiger partial charge in [-0.25, -0.2) is 0 Å². The number of likely N-dealkylation sites (tertiary alicyclic amines) is 1. The molecule has 0 aromatic carbocycles. The van der Waals surface area contributed by atoms with Crippen LogP contribution in [0.15, 0.2) is 12.2 Å². The van der Waals surface area contributed by atoms with Crippen molar-refractivity contribution in [1.82, 2.24) is 9.80 Å². The van der Waals surface area contributed by atoms with Crippen molar-refractivity contribution in [3.63, 3.8) is 0 Å². The zero-order valence-electron chi connectivity index (χ0n) is 13.4. The molecule has 5 nitrogen and oxygen atoms in total. The Morgan fingerprint density at radius 3 is 2.41 bits per heavy atom. The second-order valence-corrected chi connectivity index (χ2v) is 6.96. The maximum atomic E-state index is 12.5. The molecule has 5 heteroatoms. The first-order chi connectivity index (χ1) is 10.6. The van der Waals surface area contributed by atoms with Gasteiger partial charge >= 0.3 is 0 Å². The summed E-state index contributed by atoms with van der Waals surface area (Å²) in [7, 11) is 0. The predicted octanol–water partition coefficient (Wildman–Crippen LogP) is 1.44. The van der Waals surface area contributed by atoms with Crippen LogP contribution in [0.4, 0.5) is 0 Å². The number of amides is 2. The Labute approximate surface area is 132 Å². The van der Waals surface area contributed by atoms with Crippen molar-refractivity contribution in [3.05, 3.63) is 12.2 Å². The molecule has 2 amide bonds. The molecule has 0 aromatic heterocycles. The van der Waals surface area contributed by atoms with Crippen LogP contribution in [0.25, 0.3) is 0 Å². The number of nitrogens with zero attached hydrogens (tertiary/aromatic N) is 2. The van der Waals surface area contributed by atoms with Crippen molar-refractivity contribution >= 4 is 11.8 Å². The van der Waals surface area contributed by atoms with Gasteiger partial charge in [0.1, 0.15) is 0 Å². The van der Waals surface area contributed by atoms with E-state index in [2.05, 4.69) is 12.2 Å². The second kappa shape index (κ2) is 6.41. The van der Waals surface area contributed by atoms with Gasteiger partial charge < -0.3 is 14.5 Å². The highest BCUT2D eigenvalue weighted by Gasteiger charge is 2.40. The normalized spacial score (nSPS) is 25.5. The molecule has 1 aliphatic carbocycles. The fraction of sp³-hybridized carbons (Fsp3) is 0.765. The van der Waals surface area contributed by atoms with Gasteiger partial charge in [-0.3, -0.25) is 9.59 Å². The summed E-state index contributed by atoms with van der Waals surface area (Å²) in [5, 5.41) is 0. The lowest BCUT2D eigenvalue weighted by molar-refractivity contribution is -0.139. The van der Waals surface area contributed by atoms with E-state index in [0.29, 0.717) is 25.7 Å². The molecule has 2 fully saturated rings. The zero-order chi connectivity index (χ0) is 15.6. The largest absolute Gasteiger partial charge is 0.379 e. The minimum absolute atomic E-state index is 0.0346. The first-order valence-electron chi connectivity index (χ1n) is 8.37. The van der Waals surface area contributed by atoms with Crippen molar-refractivity contribution in [1.29, 1.82) is 0 Å². The van der Waals surface area contributed by atoms with Crippen molar-refractivity contribution in [2.45, 2.75) is 32.6 Å². The zero-order valence-corrected chi connectivity index (χ0v) is 13.4. The standard InChI is InChI=1S/C17H26N2O3/c1-14(20)19-10-11-22-13-17(12-19)6-8-18(9-7-17)16(21)15-4-2-3-5-15/h2-3,15H,4-13H2,1H3. The van der Waals surface area contributed by atoms with Gasteiger partial charge in [-0.2, -0.15) is 0 Å². The number of piperidine rings is 1. The molecule has 2 saturated heterocycles. The van der Waals surface area contributed by atoms with E-state index in [-0.39, 0.29) is 17.2 Å². The maximum Gasteiger partial charge on any atom is 0.226 e. The Bertz CT molecular complexity index is 459. The fourth-order valence-corrected chi connectivity index (χ4v) is 3.84. The van der Waals surface area contributed by atoms with Gasteiger partial charge in [0.15, 0.2) is 0 Å². The molecule has 0 bridgehead atoms. The highest BCUT2D eigenvalue weighted by atomic mass is 16.5. The summed E-state index contributed by atoms with van der Waals surface area (Å²) in [5.41, 5.74) is 0.0346. The van der Waals surface area contributed by atoms with Crippen molar-refractivity contribution in [3.8, 4) is 0 Å². The first-order valence-corrected chi connectivity index (χ1v) is 8.37. The van der Waals surface area contributed by atoms with E-state index in [1.165, 1.54) is 0 Å². The number of carbonyl (C=O) groups excluding carboxylic acids is 2. The summed E-state index contributed by atoms with van der Waals surface area (Å²) >= 11 is 0. The molecular formula is C17H26N2O3. The van der Waals surface area contributed by atoms with E-state index in [1.807, 2.05) is 9.80 Å². The van der Waals surface area contributed by atoms with Gasteiger partial charge in [0.25, 0.3) is 0 Å². The van der Waals surface area contributed by atoms with Gasteiger partial charge in [-0.05, 0) is 25.7 Å². The molecule has 0 saturated carbocycles. The Morgan fingerprint density at radius 2 is 1.77 bits per heavy atom. The summed E-state index contributed by atoms with van der Waals surface area (Å²) in [6.07, 6.45) is 7.87. The lowest BCUT2D eigenvalue weighted by Gasteiger charge is -2.43. The molecule has 0 N–H and O–H groups in total. The highest BCUT2D eigenvalue weighted by Crippen LogP contribution is 2.35. The minimum Gasteiger partial charge on any atom is -0.379 e. The highest BCUT2D eigenvalue weighted by molar-refractivity contribution is 5.79. The number of allylic oxidation sites excluding steroid dienone is 2. The van der Waals surface area contributed by atoms with Crippen molar-refractivity contribution in [2.75, 3.05) is 39.4 Å². The molecule has 0 atom stereocenters. The van der Waals surface area contributed by atoms with E-state index in [1.54, 1.807) is 6.92 Å². The third kappa shape index (κ3) is 3.19.